The molecule has 0 aliphatic carbocycles. The van der Waals surface area contributed by atoms with Crippen LogP contribution < -0.4 is 25.2 Å². The number of amides is 3. The number of benzene rings is 1. The number of rotatable bonds is 9. The third kappa shape index (κ3) is 5.62. The predicted octanol–water partition coefficient (Wildman–Crippen LogP) is 0.415. The lowest BCUT2D eigenvalue weighted by Crippen LogP contribution is -3.11. The molecule has 1 aromatic carbocycles. The molecule has 2 rings (SSSR count). The molecule has 144 valence electrons. The van der Waals surface area contributed by atoms with Gasteiger partial charge >= 0.3 is 6.03 Å². The first kappa shape index (κ1) is 20.0. The molecule has 0 bridgehead atoms. The van der Waals surface area contributed by atoms with Crippen molar-refractivity contribution in [2.24, 2.45) is 0 Å². The van der Waals surface area contributed by atoms with Gasteiger partial charge in [-0.3, -0.25) is 4.79 Å². The second kappa shape index (κ2) is 10.0. The minimum Gasteiger partial charge on any atom is -0.497 e. The van der Waals surface area contributed by atoms with Gasteiger partial charge in [0.05, 0.1) is 32.8 Å². The van der Waals surface area contributed by atoms with Gasteiger partial charge in [0.25, 0.3) is 0 Å². The molecule has 0 spiro atoms. The Balaban J connectivity index is 1.77. The first-order valence-electron chi connectivity index (χ1n) is 9.39. The number of hydrogen-bond acceptors (Lipinski definition) is 3. The Morgan fingerprint density at radius 3 is 2.81 bits per heavy atom. The summed E-state index contributed by atoms with van der Waals surface area (Å²) in [4.78, 5) is 27.6. The van der Waals surface area contributed by atoms with Crippen molar-refractivity contribution in [2.75, 3.05) is 44.7 Å². The summed E-state index contributed by atoms with van der Waals surface area (Å²) in [6.45, 7) is 8.73. The topological polar surface area (TPSA) is 75.1 Å². The molecule has 0 saturated carbocycles. The smallest absolute Gasteiger partial charge is 0.315 e. The van der Waals surface area contributed by atoms with Gasteiger partial charge < -0.3 is 25.2 Å². The number of carbonyl (C=O) groups is 2. The predicted molar refractivity (Wildman–Crippen MR) is 102 cm³/mol. The van der Waals surface area contributed by atoms with Crippen molar-refractivity contribution < 1.29 is 19.2 Å². The Kier molecular flexibility index (Phi) is 7.72. The van der Waals surface area contributed by atoms with Crippen molar-refractivity contribution in [3.05, 3.63) is 24.3 Å². The Morgan fingerprint density at radius 2 is 2.12 bits per heavy atom. The molecule has 1 saturated heterocycles. The number of ether oxygens (including phenoxy) is 1. The maximum absolute atomic E-state index is 12.3. The van der Waals surface area contributed by atoms with Crippen LogP contribution in [0.15, 0.2) is 24.3 Å². The first-order chi connectivity index (χ1) is 12.6. The lowest BCUT2D eigenvalue weighted by Gasteiger charge is -2.18. The summed E-state index contributed by atoms with van der Waals surface area (Å²) in [6.07, 6.45) is 1.26. The third-order valence-corrected chi connectivity index (χ3v) is 4.82. The summed E-state index contributed by atoms with van der Waals surface area (Å²) < 4.78 is 5.21. The molecule has 1 aliphatic heterocycles. The average Bonchev–Trinajstić information content (AvgIpc) is 3.02. The lowest BCUT2D eigenvalue weighted by molar-refractivity contribution is -0.896. The number of methoxy groups -OCH3 is 1. The summed E-state index contributed by atoms with van der Waals surface area (Å²) in [5, 5.41) is 5.79. The molecule has 1 aromatic rings. The van der Waals surface area contributed by atoms with E-state index in [-0.39, 0.29) is 18.0 Å². The summed E-state index contributed by atoms with van der Waals surface area (Å²) in [7, 11) is 1.60. The van der Waals surface area contributed by atoms with Gasteiger partial charge in [0.2, 0.25) is 5.91 Å². The van der Waals surface area contributed by atoms with Gasteiger partial charge in [0, 0.05) is 37.7 Å². The van der Waals surface area contributed by atoms with Gasteiger partial charge in [-0.15, -0.1) is 0 Å². The Bertz CT molecular complexity index is 604. The molecule has 7 heteroatoms. The molecule has 26 heavy (non-hydrogen) atoms. The van der Waals surface area contributed by atoms with Crippen LogP contribution in [0, 0.1) is 0 Å². The Hall–Kier alpha value is -2.28. The molecule has 3 N–H and O–H groups in total. The number of hydrogen-bond donors (Lipinski definition) is 3. The molecule has 0 aromatic heterocycles. The minimum absolute atomic E-state index is 0.00804. The van der Waals surface area contributed by atoms with Gasteiger partial charge in [-0.05, 0) is 26.0 Å². The summed E-state index contributed by atoms with van der Waals surface area (Å²) >= 11 is 0. The highest BCUT2D eigenvalue weighted by Gasteiger charge is 2.31. The van der Waals surface area contributed by atoms with Crippen molar-refractivity contribution in [3.8, 4) is 5.75 Å². The van der Waals surface area contributed by atoms with E-state index in [2.05, 4.69) is 24.5 Å². The van der Waals surface area contributed by atoms with Crippen molar-refractivity contribution in [3.63, 3.8) is 0 Å². The highest BCUT2D eigenvalue weighted by molar-refractivity contribution is 5.97. The van der Waals surface area contributed by atoms with Crippen LogP contribution in [-0.2, 0) is 4.79 Å². The maximum atomic E-state index is 12.3. The number of anilines is 1. The fourth-order valence-corrected chi connectivity index (χ4v) is 3.21. The largest absolute Gasteiger partial charge is 0.497 e. The minimum atomic E-state index is -0.204. The number of quaternary nitrogens is 1. The van der Waals surface area contributed by atoms with Gasteiger partial charge in [-0.1, -0.05) is 6.07 Å². The number of urea groups is 1. The Labute approximate surface area is 155 Å². The maximum Gasteiger partial charge on any atom is 0.315 e. The van der Waals surface area contributed by atoms with Crippen molar-refractivity contribution in [1.29, 1.82) is 0 Å². The zero-order valence-corrected chi connectivity index (χ0v) is 16.0. The molecule has 7 nitrogen and oxygen atoms in total. The van der Waals surface area contributed by atoms with E-state index in [1.165, 1.54) is 4.90 Å². The van der Waals surface area contributed by atoms with E-state index >= 15 is 0 Å². The molecule has 3 amide bonds. The van der Waals surface area contributed by atoms with Gasteiger partial charge in [-0.2, -0.15) is 0 Å². The van der Waals surface area contributed by atoms with Gasteiger partial charge in [-0.25, -0.2) is 4.79 Å². The van der Waals surface area contributed by atoms with E-state index in [0.717, 1.165) is 31.7 Å². The highest BCUT2D eigenvalue weighted by atomic mass is 16.5. The fraction of sp³-hybridized carbons (Fsp3) is 0.579. The summed E-state index contributed by atoms with van der Waals surface area (Å²) in [5.74, 6) is 0.716. The van der Waals surface area contributed by atoms with Crippen LogP contribution in [-0.4, -0.2) is 57.8 Å². The molecule has 0 radical (unpaired) electrons. The molecule has 1 atom stereocenters. The number of nitrogens with zero attached hydrogens (tertiary/aromatic N) is 1. The monoisotopic (exact) mass is 363 g/mol. The van der Waals surface area contributed by atoms with Gasteiger partial charge in [0.15, 0.2) is 0 Å². The molecular formula is C19H31N4O3+. The van der Waals surface area contributed by atoms with Crippen molar-refractivity contribution in [2.45, 2.75) is 32.7 Å². The quantitative estimate of drug-likeness (QED) is 0.557. The molecular weight excluding hydrogens is 332 g/mol. The normalized spacial score (nSPS) is 16.8. The first-order valence-corrected chi connectivity index (χ1v) is 9.39. The van der Waals surface area contributed by atoms with Crippen LogP contribution in [0.3, 0.4) is 0 Å². The van der Waals surface area contributed by atoms with E-state index in [0.29, 0.717) is 25.3 Å². The van der Waals surface area contributed by atoms with Crippen molar-refractivity contribution >= 4 is 17.6 Å². The standard InChI is InChI=1S/C19H30N4O3/c1-4-22(5-2)11-7-10-20-19(25)21-15-12-18(24)23(14-15)16-8-6-9-17(13-16)26-3/h6,8-9,13,15H,4-5,7,10-12,14H2,1-3H3,(H2,20,21,25)/p+1/t15-/m1/s1. The van der Waals surface area contributed by atoms with Crippen LogP contribution in [0.25, 0.3) is 0 Å². The van der Waals surface area contributed by atoms with Crippen molar-refractivity contribution in [1.82, 2.24) is 10.6 Å². The van der Waals surface area contributed by atoms with Crippen LogP contribution in [0.5, 0.6) is 5.75 Å². The summed E-state index contributed by atoms with van der Waals surface area (Å²) in [6, 6.07) is 7.01. The lowest BCUT2D eigenvalue weighted by atomic mass is 10.2. The van der Waals surface area contributed by atoms with Crippen LogP contribution >= 0.6 is 0 Å². The highest BCUT2D eigenvalue weighted by Crippen LogP contribution is 2.25. The molecule has 1 fully saturated rings. The molecule has 1 heterocycles. The van der Waals surface area contributed by atoms with E-state index in [1.807, 2.05) is 24.3 Å². The Morgan fingerprint density at radius 1 is 1.35 bits per heavy atom. The zero-order chi connectivity index (χ0) is 18.9. The summed E-state index contributed by atoms with van der Waals surface area (Å²) in [5.41, 5.74) is 0.793. The van der Waals surface area contributed by atoms with Crippen LogP contribution in [0.1, 0.15) is 26.7 Å². The second-order valence-corrected chi connectivity index (χ2v) is 6.57. The van der Waals surface area contributed by atoms with Crippen LogP contribution in [0.2, 0.25) is 0 Å². The molecule has 0 unspecified atom stereocenters. The SMILES string of the molecule is CC[NH+](CC)CCCNC(=O)N[C@@H]1CC(=O)N(c2cccc(OC)c2)C1. The second-order valence-electron chi connectivity index (χ2n) is 6.57. The van der Waals surface area contributed by atoms with E-state index in [4.69, 9.17) is 4.74 Å². The van der Waals surface area contributed by atoms with E-state index in [9.17, 15) is 9.59 Å². The third-order valence-electron chi connectivity index (χ3n) is 4.82. The number of carbonyl (C=O) groups excluding carboxylic acids is 2. The number of nitrogens with one attached hydrogen (secondary N) is 3. The molecule has 1 aliphatic rings. The van der Waals surface area contributed by atoms with E-state index < -0.39 is 0 Å². The van der Waals surface area contributed by atoms with Crippen LogP contribution in [0.4, 0.5) is 10.5 Å². The fourth-order valence-electron chi connectivity index (χ4n) is 3.21. The van der Waals surface area contributed by atoms with Gasteiger partial charge in [0.1, 0.15) is 5.75 Å². The zero-order valence-electron chi connectivity index (χ0n) is 16.0. The average molecular weight is 363 g/mol. The van der Waals surface area contributed by atoms with E-state index in [1.54, 1.807) is 12.0 Å².